The lowest BCUT2D eigenvalue weighted by Crippen LogP contribution is -2.40. The first-order valence-electron chi connectivity index (χ1n) is 7.93. The second-order valence-electron chi connectivity index (χ2n) is 5.52. The third-order valence-corrected chi connectivity index (χ3v) is 3.92. The molecule has 0 unspecified atom stereocenters. The van der Waals surface area contributed by atoms with Crippen LogP contribution in [0.1, 0.15) is 19.8 Å². The van der Waals surface area contributed by atoms with Crippen LogP contribution in [0.2, 0.25) is 0 Å². The maximum absolute atomic E-state index is 12.0. The normalized spacial score (nSPS) is 17.8. The smallest absolute Gasteiger partial charge is 0.310 e. The van der Waals surface area contributed by atoms with E-state index in [4.69, 9.17) is 4.74 Å². The first-order valence-corrected chi connectivity index (χ1v) is 7.93. The molecule has 1 aliphatic rings. The van der Waals surface area contributed by atoms with Gasteiger partial charge < -0.3 is 9.64 Å². The Labute approximate surface area is 135 Å². The lowest BCUT2D eigenvalue weighted by Gasteiger charge is -2.31. The fourth-order valence-electron chi connectivity index (χ4n) is 2.79. The average molecular weight is 312 g/mol. The fourth-order valence-corrected chi connectivity index (χ4v) is 2.79. The molecule has 0 N–H and O–H groups in total. The molecule has 0 amide bonds. The van der Waals surface area contributed by atoms with Gasteiger partial charge in [0.2, 0.25) is 5.95 Å². The number of aromatic nitrogens is 3. The molecule has 1 aliphatic heterocycles. The summed E-state index contributed by atoms with van der Waals surface area (Å²) in [6, 6.07) is 5.72. The molecule has 0 saturated carbocycles. The second kappa shape index (κ2) is 7.17. The zero-order valence-electron chi connectivity index (χ0n) is 13.2. The van der Waals surface area contributed by atoms with Gasteiger partial charge in [-0.05, 0) is 38.0 Å². The summed E-state index contributed by atoms with van der Waals surface area (Å²) in [5.74, 6) is 0.426. The van der Waals surface area contributed by atoms with Crippen molar-refractivity contribution in [2.75, 3.05) is 24.6 Å². The number of nitrogens with zero attached hydrogens (tertiary/aromatic N) is 4. The van der Waals surface area contributed by atoms with Gasteiger partial charge in [0, 0.05) is 37.2 Å². The van der Waals surface area contributed by atoms with E-state index in [2.05, 4.69) is 19.9 Å². The molecule has 120 valence electrons. The Morgan fingerprint density at radius 2 is 2.30 bits per heavy atom. The molecule has 2 aromatic rings. The number of esters is 1. The highest BCUT2D eigenvalue weighted by Crippen LogP contribution is 2.23. The Balaban J connectivity index is 1.77. The van der Waals surface area contributed by atoms with E-state index >= 15 is 0 Å². The maximum Gasteiger partial charge on any atom is 0.310 e. The van der Waals surface area contributed by atoms with E-state index < -0.39 is 0 Å². The van der Waals surface area contributed by atoms with Crippen molar-refractivity contribution in [1.82, 2.24) is 15.0 Å². The summed E-state index contributed by atoms with van der Waals surface area (Å²) in [5.41, 5.74) is 1.79. The molecule has 0 spiro atoms. The van der Waals surface area contributed by atoms with Gasteiger partial charge in [0.25, 0.3) is 0 Å². The van der Waals surface area contributed by atoms with Crippen molar-refractivity contribution in [1.29, 1.82) is 0 Å². The summed E-state index contributed by atoms with van der Waals surface area (Å²) in [6.45, 7) is 3.71. The van der Waals surface area contributed by atoms with E-state index in [-0.39, 0.29) is 11.9 Å². The van der Waals surface area contributed by atoms with E-state index in [0.717, 1.165) is 30.6 Å². The molecular weight excluding hydrogens is 292 g/mol. The molecule has 1 fully saturated rings. The van der Waals surface area contributed by atoms with Crippen LogP contribution in [0.15, 0.2) is 36.8 Å². The number of pyridine rings is 1. The highest BCUT2D eigenvalue weighted by molar-refractivity contribution is 5.73. The summed E-state index contributed by atoms with van der Waals surface area (Å²) in [5, 5.41) is 0. The van der Waals surface area contributed by atoms with E-state index in [1.165, 1.54) is 0 Å². The monoisotopic (exact) mass is 312 g/mol. The minimum Gasteiger partial charge on any atom is -0.466 e. The number of hydrogen-bond donors (Lipinski definition) is 0. The van der Waals surface area contributed by atoms with E-state index in [9.17, 15) is 4.79 Å². The molecule has 3 rings (SSSR count). The van der Waals surface area contributed by atoms with Gasteiger partial charge in [-0.2, -0.15) is 0 Å². The van der Waals surface area contributed by atoms with Crippen LogP contribution in [-0.2, 0) is 9.53 Å². The Morgan fingerprint density at radius 1 is 1.39 bits per heavy atom. The fraction of sp³-hybridized carbons (Fsp3) is 0.412. The van der Waals surface area contributed by atoms with Gasteiger partial charge >= 0.3 is 5.97 Å². The zero-order chi connectivity index (χ0) is 16.1. The lowest BCUT2D eigenvalue weighted by molar-refractivity contribution is -0.148. The van der Waals surface area contributed by atoms with Crippen molar-refractivity contribution < 1.29 is 9.53 Å². The van der Waals surface area contributed by atoms with Crippen LogP contribution in [-0.4, -0.2) is 40.6 Å². The molecule has 1 atom stereocenters. The average Bonchev–Trinajstić information content (AvgIpc) is 2.63. The van der Waals surface area contributed by atoms with Crippen molar-refractivity contribution in [3.63, 3.8) is 0 Å². The highest BCUT2D eigenvalue weighted by Gasteiger charge is 2.28. The van der Waals surface area contributed by atoms with Gasteiger partial charge in [-0.25, -0.2) is 9.97 Å². The molecule has 3 heterocycles. The molecular formula is C17H20N4O2. The third-order valence-electron chi connectivity index (χ3n) is 3.92. The number of hydrogen-bond acceptors (Lipinski definition) is 6. The largest absolute Gasteiger partial charge is 0.466 e. The van der Waals surface area contributed by atoms with Gasteiger partial charge in [0.05, 0.1) is 18.2 Å². The number of anilines is 1. The minimum atomic E-state index is -0.124. The number of carbonyl (C=O) groups is 1. The van der Waals surface area contributed by atoms with E-state index in [1.54, 1.807) is 18.6 Å². The second-order valence-corrected chi connectivity index (χ2v) is 5.52. The quantitative estimate of drug-likeness (QED) is 0.807. The number of piperidine rings is 1. The lowest BCUT2D eigenvalue weighted by atomic mass is 9.98. The molecule has 2 aromatic heterocycles. The number of rotatable bonds is 4. The SMILES string of the molecule is CCOC(=O)[C@H]1CCCN(c2nccc(-c3cccnc3)n2)C1. The molecule has 6 heteroatoms. The first-order chi connectivity index (χ1) is 11.3. The Bertz CT molecular complexity index is 663. The van der Waals surface area contributed by atoms with Gasteiger partial charge in [-0.15, -0.1) is 0 Å². The predicted octanol–water partition coefficient (Wildman–Crippen LogP) is 2.32. The van der Waals surface area contributed by atoms with Gasteiger partial charge in [0.1, 0.15) is 0 Å². The molecule has 0 bridgehead atoms. The topological polar surface area (TPSA) is 68.2 Å². The van der Waals surface area contributed by atoms with Crippen molar-refractivity contribution in [2.45, 2.75) is 19.8 Å². The van der Waals surface area contributed by atoms with Gasteiger partial charge in [-0.1, -0.05) is 0 Å². The summed E-state index contributed by atoms with van der Waals surface area (Å²) < 4.78 is 5.14. The summed E-state index contributed by atoms with van der Waals surface area (Å²) in [6.07, 6.45) is 7.06. The maximum atomic E-state index is 12.0. The Kier molecular flexibility index (Phi) is 4.80. The third kappa shape index (κ3) is 3.64. The van der Waals surface area contributed by atoms with Gasteiger partial charge in [0.15, 0.2) is 0 Å². The van der Waals surface area contributed by atoms with Crippen LogP contribution in [0.5, 0.6) is 0 Å². The van der Waals surface area contributed by atoms with Gasteiger partial charge in [-0.3, -0.25) is 9.78 Å². The Morgan fingerprint density at radius 3 is 3.09 bits per heavy atom. The van der Waals surface area contributed by atoms with Crippen molar-refractivity contribution in [3.05, 3.63) is 36.8 Å². The summed E-state index contributed by atoms with van der Waals surface area (Å²) >= 11 is 0. The van der Waals surface area contributed by atoms with Crippen LogP contribution in [0, 0.1) is 5.92 Å². The first kappa shape index (κ1) is 15.4. The highest BCUT2D eigenvalue weighted by atomic mass is 16.5. The van der Waals surface area contributed by atoms with E-state index in [0.29, 0.717) is 19.1 Å². The van der Waals surface area contributed by atoms with Crippen molar-refractivity contribution in [3.8, 4) is 11.3 Å². The molecule has 1 saturated heterocycles. The summed E-state index contributed by atoms with van der Waals surface area (Å²) in [7, 11) is 0. The number of ether oxygens (including phenoxy) is 1. The van der Waals surface area contributed by atoms with Crippen LogP contribution >= 0.6 is 0 Å². The minimum absolute atomic E-state index is 0.102. The van der Waals surface area contributed by atoms with E-state index in [1.807, 2.05) is 25.1 Å². The molecule has 0 radical (unpaired) electrons. The molecule has 6 nitrogen and oxygen atoms in total. The standard InChI is InChI=1S/C17H20N4O2/c1-2-23-16(22)14-6-4-10-21(12-14)17-19-9-7-15(20-17)13-5-3-8-18-11-13/h3,5,7-9,11,14H,2,4,6,10,12H2,1H3/t14-/m0/s1. The molecule has 0 aliphatic carbocycles. The van der Waals surface area contributed by atoms with Crippen LogP contribution < -0.4 is 4.90 Å². The van der Waals surface area contributed by atoms with Crippen LogP contribution in [0.4, 0.5) is 5.95 Å². The predicted molar refractivity (Wildman–Crippen MR) is 86.8 cm³/mol. The summed E-state index contributed by atoms with van der Waals surface area (Å²) in [4.78, 5) is 27.1. The van der Waals surface area contributed by atoms with Crippen LogP contribution in [0.25, 0.3) is 11.3 Å². The molecule has 0 aromatic carbocycles. The van der Waals surface area contributed by atoms with Crippen molar-refractivity contribution in [2.24, 2.45) is 5.92 Å². The number of carbonyl (C=O) groups excluding carboxylic acids is 1. The zero-order valence-corrected chi connectivity index (χ0v) is 13.2. The van der Waals surface area contributed by atoms with Crippen LogP contribution in [0.3, 0.4) is 0 Å². The van der Waals surface area contributed by atoms with Crippen molar-refractivity contribution >= 4 is 11.9 Å². The Hall–Kier alpha value is -2.50. The molecule has 23 heavy (non-hydrogen) atoms.